The first-order valence-corrected chi connectivity index (χ1v) is 8.64. The molecule has 106 valence electrons. The molecule has 1 atom stereocenters. The van der Waals surface area contributed by atoms with Gasteiger partial charge in [-0.25, -0.2) is 0 Å². The fourth-order valence-corrected chi connectivity index (χ4v) is 3.41. The van der Waals surface area contributed by atoms with Crippen LogP contribution in [-0.2, 0) is 0 Å². The molecule has 4 heteroatoms. The van der Waals surface area contributed by atoms with Gasteiger partial charge in [0.05, 0.1) is 11.5 Å². The Morgan fingerprint density at radius 1 is 1.10 bits per heavy atom. The highest BCUT2D eigenvalue weighted by Gasteiger charge is 2.14. The van der Waals surface area contributed by atoms with Crippen LogP contribution < -0.4 is 4.74 Å². The highest BCUT2D eigenvalue weighted by Crippen LogP contribution is 2.34. The molecule has 0 spiro atoms. The van der Waals surface area contributed by atoms with Crippen LogP contribution in [0.2, 0.25) is 0 Å². The Hall–Kier alpha value is -0.260. The molecule has 0 heterocycles. The molecule has 0 aromatic heterocycles. The van der Waals surface area contributed by atoms with Crippen LogP contribution in [0.15, 0.2) is 46.9 Å². The summed E-state index contributed by atoms with van der Waals surface area (Å²) in [5, 5.41) is -0.160. The summed E-state index contributed by atoms with van der Waals surface area (Å²) in [5.74, 6) is 0.872. The van der Waals surface area contributed by atoms with Crippen LogP contribution >= 0.6 is 50.1 Å². The summed E-state index contributed by atoms with van der Waals surface area (Å²) in [4.78, 5) is 0. The third-order valence-corrected chi connectivity index (χ3v) is 4.74. The minimum atomic E-state index is -0.160. The van der Waals surface area contributed by atoms with Crippen molar-refractivity contribution in [2.45, 2.75) is 25.3 Å². The first-order valence-electron chi connectivity index (χ1n) is 6.33. The summed E-state index contributed by atoms with van der Waals surface area (Å²) in [6.45, 7) is 4.03. The fraction of sp³-hybridized carbons (Fsp3) is 0.250. The van der Waals surface area contributed by atoms with Gasteiger partial charge in [-0.15, -0.1) is 11.6 Å². The lowest BCUT2D eigenvalue weighted by molar-refractivity contribution is 0.242. The summed E-state index contributed by atoms with van der Waals surface area (Å²) in [5.41, 5.74) is 2.18. The van der Waals surface area contributed by atoms with E-state index in [1.165, 1.54) is 0 Å². The van der Waals surface area contributed by atoms with Gasteiger partial charge < -0.3 is 4.74 Å². The lowest BCUT2D eigenvalue weighted by atomic mass is 10.0. The number of benzene rings is 2. The maximum absolute atomic E-state index is 6.60. The van der Waals surface area contributed by atoms with E-state index >= 15 is 0 Å². The Morgan fingerprint density at radius 3 is 2.35 bits per heavy atom. The van der Waals surface area contributed by atoms with Crippen molar-refractivity contribution in [3.8, 4) is 5.75 Å². The monoisotopic (exact) mass is 464 g/mol. The average molecular weight is 466 g/mol. The maximum atomic E-state index is 6.60. The predicted octanol–water partition coefficient (Wildman–Crippen LogP) is 6.17. The van der Waals surface area contributed by atoms with Crippen LogP contribution in [0.5, 0.6) is 5.75 Å². The second kappa shape index (κ2) is 7.14. The molecule has 0 saturated carbocycles. The zero-order chi connectivity index (χ0) is 14.7. The predicted molar refractivity (Wildman–Crippen MR) is 96.8 cm³/mol. The van der Waals surface area contributed by atoms with Gasteiger partial charge >= 0.3 is 0 Å². The average Bonchev–Trinajstić information content (AvgIpc) is 2.41. The zero-order valence-electron chi connectivity index (χ0n) is 11.2. The highest BCUT2D eigenvalue weighted by molar-refractivity contribution is 14.1. The van der Waals surface area contributed by atoms with Gasteiger partial charge in [-0.1, -0.05) is 28.1 Å². The Bertz CT molecular complexity index is 584. The third-order valence-electron chi connectivity index (χ3n) is 2.78. The summed E-state index contributed by atoms with van der Waals surface area (Å²) in [6, 6.07) is 14.1. The van der Waals surface area contributed by atoms with Crippen molar-refractivity contribution in [2.75, 3.05) is 0 Å². The number of halogens is 3. The van der Waals surface area contributed by atoms with E-state index in [0.717, 1.165) is 24.9 Å². The summed E-state index contributed by atoms with van der Waals surface area (Å²) < 4.78 is 7.85. The zero-order valence-corrected chi connectivity index (χ0v) is 15.7. The molecule has 1 nitrogen and oxygen atoms in total. The second-order valence-electron chi connectivity index (χ2n) is 4.76. The van der Waals surface area contributed by atoms with Crippen molar-refractivity contribution < 1.29 is 4.74 Å². The SMILES string of the molecule is CC(C)Oc1ccc(C(Cl)c2cc(Br)ccc2I)cc1. The minimum Gasteiger partial charge on any atom is -0.491 e. The van der Waals surface area contributed by atoms with Crippen molar-refractivity contribution in [1.82, 2.24) is 0 Å². The lowest BCUT2D eigenvalue weighted by Crippen LogP contribution is -2.05. The Kier molecular flexibility index (Phi) is 5.75. The van der Waals surface area contributed by atoms with E-state index in [4.69, 9.17) is 16.3 Å². The number of rotatable bonds is 4. The van der Waals surface area contributed by atoms with Crippen LogP contribution in [0.3, 0.4) is 0 Å². The normalized spacial score (nSPS) is 12.5. The Labute approximate surface area is 146 Å². The Balaban J connectivity index is 2.24. The molecule has 0 fully saturated rings. The standard InChI is InChI=1S/C16H15BrClIO/c1-10(2)20-13-6-3-11(4-7-13)16(18)14-9-12(17)5-8-15(14)19/h3-10,16H,1-2H3. The second-order valence-corrected chi connectivity index (χ2v) is 7.28. The number of ether oxygens (including phenoxy) is 1. The summed E-state index contributed by atoms with van der Waals surface area (Å²) >= 11 is 12.4. The smallest absolute Gasteiger partial charge is 0.119 e. The van der Waals surface area contributed by atoms with E-state index in [-0.39, 0.29) is 11.5 Å². The highest BCUT2D eigenvalue weighted by atomic mass is 127. The van der Waals surface area contributed by atoms with Crippen LogP contribution in [0, 0.1) is 3.57 Å². The van der Waals surface area contributed by atoms with Gasteiger partial charge in [0, 0.05) is 8.04 Å². The van der Waals surface area contributed by atoms with Crippen LogP contribution in [-0.4, -0.2) is 6.10 Å². The van der Waals surface area contributed by atoms with Crippen molar-refractivity contribution >= 4 is 50.1 Å². The molecule has 0 radical (unpaired) electrons. The topological polar surface area (TPSA) is 9.23 Å². The van der Waals surface area contributed by atoms with Gasteiger partial charge in [0.2, 0.25) is 0 Å². The van der Waals surface area contributed by atoms with Gasteiger partial charge in [-0.3, -0.25) is 0 Å². The molecule has 0 amide bonds. The molecule has 2 rings (SSSR count). The lowest BCUT2D eigenvalue weighted by Gasteiger charge is -2.14. The van der Waals surface area contributed by atoms with Crippen molar-refractivity contribution in [3.63, 3.8) is 0 Å². The van der Waals surface area contributed by atoms with E-state index in [1.54, 1.807) is 0 Å². The molecule has 2 aromatic rings. The van der Waals surface area contributed by atoms with Gasteiger partial charge in [0.15, 0.2) is 0 Å². The third kappa shape index (κ3) is 4.12. The van der Waals surface area contributed by atoms with Crippen molar-refractivity contribution in [3.05, 3.63) is 61.6 Å². The molecule has 0 aliphatic heterocycles. The number of hydrogen-bond donors (Lipinski definition) is 0. The van der Waals surface area contributed by atoms with Gasteiger partial charge in [0.1, 0.15) is 5.75 Å². The molecule has 0 saturated heterocycles. The van der Waals surface area contributed by atoms with Crippen LogP contribution in [0.1, 0.15) is 30.4 Å². The summed E-state index contributed by atoms with van der Waals surface area (Å²) in [6.07, 6.45) is 0.179. The van der Waals surface area contributed by atoms with E-state index in [1.807, 2.05) is 44.2 Å². The van der Waals surface area contributed by atoms with E-state index in [0.29, 0.717) is 0 Å². The minimum absolute atomic E-state index is 0.160. The van der Waals surface area contributed by atoms with Crippen molar-refractivity contribution in [2.24, 2.45) is 0 Å². The van der Waals surface area contributed by atoms with Crippen molar-refractivity contribution in [1.29, 1.82) is 0 Å². The molecule has 1 unspecified atom stereocenters. The number of hydrogen-bond acceptors (Lipinski definition) is 1. The van der Waals surface area contributed by atoms with Crippen LogP contribution in [0.4, 0.5) is 0 Å². The quantitative estimate of drug-likeness (QED) is 0.388. The molecular weight excluding hydrogens is 450 g/mol. The van der Waals surface area contributed by atoms with Gasteiger partial charge in [-0.05, 0) is 77.9 Å². The maximum Gasteiger partial charge on any atom is 0.119 e. The summed E-state index contributed by atoms with van der Waals surface area (Å²) in [7, 11) is 0. The molecule has 20 heavy (non-hydrogen) atoms. The molecule has 0 aliphatic carbocycles. The van der Waals surface area contributed by atoms with Gasteiger partial charge in [0.25, 0.3) is 0 Å². The van der Waals surface area contributed by atoms with Gasteiger partial charge in [-0.2, -0.15) is 0 Å². The molecule has 0 bridgehead atoms. The van der Waals surface area contributed by atoms with E-state index in [9.17, 15) is 0 Å². The Morgan fingerprint density at radius 2 is 1.75 bits per heavy atom. The largest absolute Gasteiger partial charge is 0.491 e. The fourth-order valence-electron chi connectivity index (χ4n) is 1.88. The van der Waals surface area contributed by atoms with E-state index in [2.05, 4.69) is 50.7 Å². The molecule has 0 aliphatic rings. The van der Waals surface area contributed by atoms with E-state index < -0.39 is 0 Å². The first kappa shape index (κ1) is 16.1. The molecule has 0 N–H and O–H groups in total. The van der Waals surface area contributed by atoms with Crippen LogP contribution in [0.25, 0.3) is 0 Å². The molecular formula is C16H15BrClIO. The number of alkyl halides is 1. The molecule has 2 aromatic carbocycles. The first-order chi connectivity index (χ1) is 9.47.